The Morgan fingerprint density at radius 1 is 1.27 bits per heavy atom. The van der Waals surface area contributed by atoms with Gasteiger partial charge in [-0.05, 0) is 41.4 Å². The number of nitrogens with zero attached hydrogens (tertiary/aromatic N) is 4. The number of benzene rings is 1. The third kappa shape index (κ3) is 4.65. The molecule has 0 spiro atoms. The lowest BCUT2D eigenvalue weighted by Crippen LogP contribution is -2.26. The maximum atomic E-state index is 13.0. The van der Waals surface area contributed by atoms with Crippen LogP contribution in [0, 0.1) is 6.92 Å². The molecule has 1 aromatic carbocycles. The van der Waals surface area contributed by atoms with Crippen molar-refractivity contribution < 1.29 is 18.0 Å². The summed E-state index contributed by atoms with van der Waals surface area (Å²) in [4.78, 5) is 12.6. The van der Waals surface area contributed by atoms with Crippen molar-refractivity contribution in [2.45, 2.75) is 32.6 Å². The lowest BCUT2D eigenvalue weighted by atomic mass is 10.2. The van der Waals surface area contributed by atoms with Crippen molar-refractivity contribution in [3.8, 4) is 0 Å². The average Bonchev–Trinajstić information content (AvgIpc) is 3.16. The minimum atomic E-state index is -4.72. The number of carbonyl (C=O) groups excluding carboxylic acids is 1. The van der Waals surface area contributed by atoms with Crippen molar-refractivity contribution in [2.24, 2.45) is 0 Å². The summed E-state index contributed by atoms with van der Waals surface area (Å²) in [6, 6.07) is 6.20. The van der Waals surface area contributed by atoms with Gasteiger partial charge in [-0.15, -0.1) is 0 Å². The largest absolute Gasteiger partial charge is 0.436 e. The SMILES string of the molecule is Cc1c(Cl)c(C(F)(F)F)nn1C(C)C(=O)Nc1nn(Cc2ccccc2Cl)cc1Br. The van der Waals surface area contributed by atoms with E-state index in [0.717, 1.165) is 10.2 Å². The van der Waals surface area contributed by atoms with Crippen LogP contribution in [0.3, 0.4) is 0 Å². The quantitative estimate of drug-likeness (QED) is 0.464. The first-order valence-electron chi connectivity index (χ1n) is 8.58. The third-order valence-electron chi connectivity index (χ3n) is 4.34. The summed E-state index contributed by atoms with van der Waals surface area (Å²) in [5.41, 5.74) is -0.358. The number of hydrogen-bond donors (Lipinski definition) is 1. The number of carbonyl (C=O) groups is 1. The molecule has 12 heteroatoms. The second-order valence-electron chi connectivity index (χ2n) is 6.47. The van der Waals surface area contributed by atoms with Gasteiger partial charge in [-0.25, -0.2) is 0 Å². The normalized spacial score (nSPS) is 12.8. The highest BCUT2D eigenvalue weighted by atomic mass is 79.9. The van der Waals surface area contributed by atoms with Gasteiger partial charge < -0.3 is 5.32 Å². The van der Waals surface area contributed by atoms with Crippen LogP contribution in [0.2, 0.25) is 10.0 Å². The number of amides is 1. The van der Waals surface area contributed by atoms with Crippen LogP contribution in [0.25, 0.3) is 0 Å². The second kappa shape index (κ2) is 8.60. The molecule has 0 radical (unpaired) electrons. The molecule has 1 amide bonds. The molecule has 160 valence electrons. The van der Waals surface area contributed by atoms with Crippen molar-refractivity contribution in [1.82, 2.24) is 19.6 Å². The molecule has 0 aliphatic carbocycles. The molecule has 0 saturated carbocycles. The van der Waals surface area contributed by atoms with E-state index in [1.54, 1.807) is 16.9 Å². The first-order chi connectivity index (χ1) is 14.0. The van der Waals surface area contributed by atoms with Gasteiger partial charge in [0.25, 0.3) is 0 Å². The number of rotatable bonds is 5. The molecule has 30 heavy (non-hydrogen) atoms. The summed E-state index contributed by atoms with van der Waals surface area (Å²) in [5.74, 6) is -0.388. The standard InChI is InChI=1S/C18H15BrCl2F3N5O/c1-9-14(21)15(18(22,23)24)26-29(9)10(2)17(30)25-16-12(19)8-28(27-16)7-11-5-3-4-6-13(11)20/h3-6,8,10H,7H2,1-2H3,(H,25,27,30). The van der Waals surface area contributed by atoms with Gasteiger partial charge >= 0.3 is 6.18 Å². The minimum Gasteiger partial charge on any atom is -0.306 e. The van der Waals surface area contributed by atoms with E-state index >= 15 is 0 Å². The second-order valence-corrected chi connectivity index (χ2v) is 8.11. The number of hydrogen-bond acceptors (Lipinski definition) is 3. The van der Waals surface area contributed by atoms with Crippen molar-refractivity contribution >= 4 is 50.9 Å². The lowest BCUT2D eigenvalue weighted by molar-refractivity contribution is -0.141. The van der Waals surface area contributed by atoms with Crippen molar-refractivity contribution in [3.05, 3.63) is 61.9 Å². The van der Waals surface area contributed by atoms with Gasteiger partial charge in [0.2, 0.25) is 5.91 Å². The molecule has 0 bridgehead atoms. The molecule has 3 rings (SSSR count). The summed E-state index contributed by atoms with van der Waals surface area (Å²) < 4.78 is 42.1. The lowest BCUT2D eigenvalue weighted by Gasteiger charge is -2.13. The summed E-state index contributed by atoms with van der Waals surface area (Å²) in [6.07, 6.45) is -3.06. The Hall–Kier alpha value is -2.04. The highest BCUT2D eigenvalue weighted by Gasteiger charge is 2.39. The van der Waals surface area contributed by atoms with Crippen LogP contribution < -0.4 is 5.32 Å². The van der Waals surface area contributed by atoms with Crippen LogP contribution in [0.1, 0.15) is 29.9 Å². The fourth-order valence-corrected chi connectivity index (χ4v) is 3.59. The Labute approximate surface area is 188 Å². The van der Waals surface area contributed by atoms with Gasteiger partial charge in [-0.3, -0.25) is 14.2 Å². The van der Waals surface area contributed by atoms with E-state index in [0.29, 0.717) is 16.0 Å². The zero-order valence-electron chi connectivity index (χ0n) is 15.6. The van der Waals surface area contributed by atoms with Gasteiger partial charge in [0, 0.05) is 11.2 Å². The number of nitrogens with one attached hydrogen (secondary N) is 1. The fourth-order valence-electron chi connectivity index (χ4n) is 2.75. The molecule has 0 aliphatic heterocycles. The predicted molar refractivity (Wildman–Crippen MR) is 111 cm³/mol. The van der Waals surface area contributed by atoms with E-state index in [-0.39, 0.29) is 11.5 Å². The molecule has 2 aromatic heterocycles. The van der Waals surface area contributed by atoms with E-state index in [1.807, 2.05) is 18.2 Å². The highest BCUT2D eigenvalue weighted by molar-refractivity contribution is 9.10. The first kappa shape index (κ1) is 22.6. The Kier molecular flexibility index (Phi) is 6.49. The molecule has 1 unspecified atom stereocenters. The molecule has 0 fully saturated rings. The number of halogens is 6. The van der Waals surface area contributed by atoms with Gasteiger partial charge in [-0.1, -0.05) is 41.4 Å². The van der Waals surface area contributed by atoms with Crippen LogP contribution in [-0.2, 0) is 17.5 Å². The predicted octanol–water partition coefficient (Wildman–Crippen LogP) is 5.72. The Morgan fingerprint density at radius 3 is 2.53 bits per heavy atom. The van der Waals surface area contributed by atoms with Gasteiger partial charge in [0.15, 0.2) is 11.5 Å². The monoisotopic (exact) mass is 523 g/mol. The molecular formula is C18H15BrCl2F3N5O. The van der Waals surface area contributed by atoms with Crippen molar-refractivity contribution in [2.75, 3.05) is 5.32 Å². The topological polar surface area (TPSA) is 64.7 Å². The summed E-state index contributed by atoms with van der Waals surface area (Å²) >= 11 is 15.2. The summed E-state index contributed by atoms with van der Waals surface area (Å²) in [5, 5.41) is 10.4. The first-order valence-corrected chi connectivity index (χ1v) is 10.1. The zero-order chi connectivity index (χ0) is 22.2. The Balaban J connectivity index is 1.78. The smallest absolute Gasteiger partial charge is 0.306 e. The Bertz CT molecular complexity index is 1100. The van der Waals surface area contributed by atoms with E-state index in [2.05, 4.69) is 31.4 Å². The van der Waals surface area contributed by atoms with Gasteiger partial charge in [-0.2, -0.15) is 23.4 Å². The summed E-state index contributed by atoms with van der Waals surface area (Å²) in [7, 11) is 0. The average molecular weight is 525 g/mol. The molecule has 6 nitrogen and oxygen atoms in total. The van der Waals surface area contributed by atoms with E-state index in [4.69, 9.17) is 23.2 Å². The van der Waals surface area contributed by atoms with Crippen LogP contribution >= 0.6 is 39.1 Å². The van der Waals surface area contributed by atoms with E-state index in [9.17, 15) is 18.0 Å². The number of aromatic nitrogens is 4. The Morgan fingerprint density at radius 2 is 1.93 bits per heavy atom. The van der Waals surface area contributed by atoms with Crippen molar-refractivity contribution in [3.63, 3.8) is 0 Å². The molecule has 0 saturated heterocycles. The van der Waals surface area contributed by atoms with E-state index < -0.39 is 28.8 Å². The maximum absolute atomic E-state index is 13.0. The number of alkyl halides is 3. The number of anilines is 1. The van der Waals surface area contributed by atoms with Crippen LogP contribution in [0.15, 0.2) is 34.9 Å². The molecule has 3 aromatic rings. The highest BCUT2D eigenvalue weighted by Crippen LogP contribution is 2.36. The fraction of sp³-hybridized carbons (Fsp3) is 0.278. The van der Waals surface area contributed by atoms with Gasteiger partial charge in [0.05, 0.1) is 21.7 Å². The van der Waals surface area contributed by atoms with E-state index in [1.165, 1.54) is 13.8 Å². The minimum absolute atomic E-state index is 0.0370. The molecule has 0 aliphatic rings. The van der Waals surface area contributed by atoms with Crippen LogP contribution in [-0.4, -0.2) is 25.5 Å². The van der Waals surface area contributed by atoms with Crippen molar-refractivity contribution in [1.29, 1.82) is 0 Å². The maximum Gasteiger partial charge on any atom is 0.436 e. The molecule has 1 atom stereocenters. The zero-order valence-corrected chi connectivity index (χ0v) is 18.7. The third-order valence-corrected chi connectivity index (χ3v) is 5.74. The van der Waals surface area contributed by atoms with Crippen LogP contribution in [0.4, 0.5) is 19.0 Å². The molecule has 2 heterocycles. The molecule has 1 N–H and O–H groups in total. The van der Waals surface area contributed by atoms with Crippen LogP contribution in [0.5, 0.6) is 0 Å². The molecular weight excluding hydrogens is 510 g/mol. The summed E-state index contributed by atoms with van der Waals surface area (Å²) in [6.45, 7) is 3.15. The van der Waals surface area contributed by atoms with Gasteiger partial charge in [0.1, 0.15) is 6.04 Å².